The Bertz CT molecular complexity index is 427. The van der Waals surface area contributed by atoms with E-state index in [1.54, 1.807) is 0 Å². The smallest absolute Gasteiger partial charge is 0.129 e. The van der Waals surface area contributed by atoms with Crippen LogP contribution in [0, 0.1) is 25.7 Å². The van der Waals surface area contributed by atoms with E-state index in [4.69, 9.17) is 9.97 Å². The Morgan fingerprint density at radius 3 is 2.15 bits per heavy atom. The van der Waals surface area contributed by atoms with Crippen LogP contribution in [-0.2, 0) is 12.8 Å². The standard InChI is InChI=1S/C17H29N3/c1-11(2)8-17-19-13(4)16(14(5)20-17)9-12(3)10-18-15-6-7-15/h11-12,15,18H,6-10H2,1-5H3. The predicted molar refractivity (Wildman–Crippen MR) is 83.9 cm³/mol. The number of nitrogens with zero attached hydrogens (tertiary/aromatic N) is 2. The van der Waals surface area contributed by atoms with Gasteiger partial charge in [0.1, 0.15) is 5.82 Å². The molecule has 1 aliphatic rings. The van der Waals surface area contributed by atoms with E-state index in [9.17, 15) is 0 Å². The van der Waals surface area contributed by atoms with Crippen molar-refractivity contribution in [3.8, 4) is 0 Å². The number of hydrogen-bond acceptors (Lipinski definition) is 3. The normalized spacial score (nSPS) is 16.7. The molecule has 0 bridgehead atoms. The highest BCUT2D eigenvalue weighted by Gasteiger charge is 2.21. The Labute approximate surface area is 123 Å². The second kappa shape index (κ2) is 6.66. The van der Waals surface area contributed by atoms with Crippen LogP contribution in [0.4, 0.5) is 0 Å². The molecule has 2 rings (SSSR count). The van der Waals surface area contributed by atoms with Crippen LogP contribution >= 0.6 is 0 Å². The van der Waals surface area contributed by atoms with Gasteiger partial charge in [-0.3, -0.25) is 0 Å². The molecule has 3 heteroatoms. The minimum Gasteiger partial charge on any atom is -0.314 e. The van der Waals surface area contributed by atoms with Gasteiger partial charge in [-0.2, -0.15) is 0 Å². The third-order valence-corrected chi connectivity index (χ3v) is 3.94. The van der Waals surface area contributed by atoms with Crippen molar-refractivity contribution >= 4 is 0 Å². The average molecular weight is 275 g/mol. The van der Waals surface area contributed by atoms with E-state index >= 15 is 0 Å². The summed E-state index contributed by atoms with van der Waals surface area (Å²) in [7, 11) is 0. The summed E-state index contributed by atoms with van der Waals surface area (Å²) in [5, 5.41) is 3.61. The zero-order chi connectivity index (χ0) is 14.7. The molecule has 0 spiro atoms. The molecule has 1 N–H and O–H groups in total. The van der Waals surface area contributed by atoms with Gasteiger partial charge in [-0.25, -0.2) is 9.97 Å². The first kappa shape index (κ1) is 15.4. The van der Waals surface area contributed by atoms with Gasteiger partial charge in [-0.15, -0.1) is 0 Å². The molecule has 0 radical (unpaired) electrons. The van der Waals surface area contributed by atoms with Crippen LogP contribution in [-0.4, -0.2) is 22.6 Å². The van der Waals surface area contributed by atoms with Crippen LogP contribution in [0.25, 0.3) is 0 Å². The lowest BCUT2D eigenvalue weighted by Gasteiger charge is -2.16. The molecule has 0 aliphatic heterocycles. The number of aromatic nitrogens is 2. The third kappa shape index (κ3) is 4.55. The molecule has 20 heavy (non-hydrogen) atoms. The fourth-order valence-corrected chi connectivity index (χ4v) is 2.64. The van der Waals surface area contributed by atoms with E-state index in [0.717, 1.165) is 31.3 Å². The highest BCUT2D eigenvalue weighted by Crippen LogP contribution is 2.20. The Morgan fingerprint density at radius 1 is 1.05 bits per heavy atom. The van der Waals surface area contributed by atoms with E-state index < -0.39 is 0 Å². The van der Waals surface area contributed by atoms with E-state index in [2.05, 4.69) is 39.9 Å². The molecule has 0 amide bonds. The van der Waals surface area contributed by atoms with Crippen molar-refractivity contribution in [2.45, 2.75) is 66.3 Å². The topological polar surface area (TPSA) is 37.8 Å². The summed E-state index contributed by atoms with van der Waals surface area (Å²) >= 11 is 0. The second-order valence-corrected chi connectivity index (χ2v) is 6.88. The quantitative estimate of drug-likeness (QED) is 0.830. The first-order valence-corrected chi connectivity index (χ1v) is 8.02. The van der Waals surface area contributed by atoms with E-state index in [-0.39, 0.29) is 0 Å². The van der Waals surface area contributed by atoms with Crippen molar-refractivity contribution in [2.75, 3.05) is 6.54 Å². The second-order valence-electron chi connectivity index (χ2n) is 6.88. The van der Waals surface area contributed by atoms with Crippen molar-refractivity contribution in [3.63, 3.8) is 0 Å². The number of aryl methyl sites for hydroxylation is 2. The molecule has 1 saturated carbocycles. The average Bonchev–Trinajstić information content (AvgIpc) is 3.14. The predicted octanol–water partition coefficient (Wildman–Crippen LogP) is 3.22. The molecule has 0 saturated heterocycles. The lowest BCUT2D eigenvalue weighted by molar-refractivity contribution is 0.504. The van der Waals surface area contributed by atoms with Crippen LogP contribution < -0.4 is 5.32 Å². The molecule has 1 heterocycles. The van der Waals surface area contributed by atoms with E-state index in [1.807, 2.05) is 0 Å². The van der Waals surface area contributed by atoms with Gasteiger partial charge in [0.05, 0.1) is 0 Å². The molecule has 1 aromatic heterocycles. The van der Waals surface area contributed by atoms with E-state index in [0.29, 0.717) is 11.8 Å². The summed E-state index contributed by atoms with van der Waals surface area (Å²) in [5.74, 6) is 2.26. The minimum absolute atomic E-state index is 0.612. The summed E-state index contributed by atoms with van der Waals surface area (Å²) in [6, 6.07) is 0.796. The van der Waals surface area contributed by atoms with Crippen molar-refractivity contribution < 1.29 is 0 Å². The molecule has 1 aliphatic carbocycles. The van der Waals surface area contributed by atoms with Gasteiger partial charge in [0.25, 0.3) is 0 Å². The van der Waals surface area contributed by atoms with Crippen molar-refractivity contribution in [2.24, 2.45) is 11.8 Å². The molecule has 1 aromatic rings. The number of hydrogen-bond donors (Lipinski definition) is 1. The third-order valence-electron chi connectivity index (χ3n) is 3.94. The summed E-state index contributed by atoms with van der Waals surface area (Å²) in [4.78, 5) is 9.41. The van der Waals surface area contributed by atoms with Crippen LogP contribution in [0.2, 0.25) is 0 Å². The van der Waals surface area contributed by atoms with Gasteiger partial charge >= 0.3 is 0 Å². The monoisotopic (exact) mass is 275 g/mol. The SMILES string of the molecule is Cc1nc(CC(C)C)nc(C)c1CC(C)CNC1CC1. The fourth-order valence-electron chi connectivity index (χ4n) is 2.64. The lowest BCUT2D eigenvalue weighted by atomic mass is 9.98. The zero-order valence-corrected chi connectivity index (χ0v) is 13.7. The van der Waals surface area contributed by atoms with Gasteiger partial charge in [0, 0.05) is 23.9 Å². The molecule has 1 fully saturated rings. The minimum atomic E-state index is 0.612. The molecular weight excluding hydrogens is 246 g/mol. The summed E-state index contributed by atoms with van der Waals surface area (Å²) < 4.78 is 0. The van der Waals surface area contributed by atoms with Crippen LogP contribution in [0.1, 0.15) is 56.4 Å². The molecule has 112 valence electrons. The Kier molecular flexibility index (Phi) is 5.14. The summed E-state index contributed by atoms with van der Waals surface area (Å²) in [6.07, 6.45) is 4.77. The van der Waals surface area contributed by atoms with Crippen molar-refractivity contribution in [1.82, 2.24) is 15.3 Å². The van der Waals surface area contributed by atoms with Gasteiger partial charge < -0.3 is 5.32 Å². The highest BCUT2D eigenvalue weighted by atomic mass is 14.9. The van der Waals surface area contributed by atoms with Crippen LogP contribution in [0.5, 0.6) is 0 Å². The van der Waals surface area contributed by atoms with Gasteiger partial charge in [-0.1, -0.05) is 20.8 Å². The summed E-state index contributed by atoms with van der Waals surface area (Å²) in [6.45, 7) is 12.1. The molecular formula is C17H29N3. The van der Waals surface area contributed by atoms with Crippen molar-refractivity contribution in [1.29, 1.82) is 0 Å². The van der Waals surface area contributed by atoms with E-state index in [1.165, 1.54) is 29.8 Å². The maximum Gasteiger partial charge on any atom is 0.129 e. The van der Waals surface area contributed by atoms with Gasteiger partial charge in [0.15, 0.2) is 0 Å². The molecule has 1 unspecified atom stereocenters. The highest BCUT2D eigenvalue weighted by molar-refractivity contribution is 5.25. The molecule has 0 aromatic carbocycles. The number of nitrogens with one attached hydrogen (secondary N) is 1. The van der Waals surface area contributed by atoms with Crippen molar-refractivity contribution in [3.05, 3.63) is 22.8 Å². The number of rotatable bonds is 7. The van der Waals surface area contributed by atoms with Gasteiger partial charge in [0.2, 0.25) is 0 Å². The zero-order valence-electron chi connectivity index (χ0n) is 13.7. The Hall–Kier alpha value is -0.960. The van der Waals surface area contributed by atoms with Gasteiger partial charge in [-0.05, 0) is 57.1 Å². The largest absolute Gasteiger partial charge is 0.314 e. The fraction of sp³-hybridized carbons (Fsp3) is 0.765. The van der Waals surface area contributed by atoms with Crippen LogP contribution in [0.3, 0.4) is 0 Å². The lowest BCUT2D eigenvalue weighted by Crippen LogP contribution is -2.25. The maximum absolute atomic E-state index is 4.70. The first-order chi connectivity index (χ1) is 9.45. The Morgan fingerprint density at radius 2 is 1.65 bits per heavy atom. The molecule has 1 atom stereocenters. The van der Waals surface area contributed by atoms with Crippen LogP contribution in [0.15, 0.2) is 0 Å². The first-order valence-electron chi connectivity index (χ1n) is 8.02. The maximum atomic E-state index is 4.70. The molecule has 3 nitrogen and oxygen atoms in total. The summed E-state index contributed by atoms with van der Waals surface area (Å²) in [5.41, 5.74) is 3.69. The Balaban J connectivity index is 1.99.